The van der Waals surface area contributed by atoms with Crippen molar-refractivity contribution in [2.75, 3.05) is 11.9 Å². The van der Waals surface area contributed by atoms with E-state index >= 15 is 0 Å². The average Bonchev–Trinajstić information content (AvgIpc) is 2.46. The first kappa shape index (κ1) is 14.2. The molecule has 1 heterocycles. The van der Waals surface area contributed by atoms with Gasteiger partial charge >= 0.3 is 5.97 Å². The van der Waals surface area contributed by atoms with Crippen molar-refractivity contribution in [3.63, 3.8) is 0 Å². The zero-order chi connectivity index (χ0) is 14.7. The van der Waals surface area contributed by atoms with E-state index in [1.165, 1.54) is 0 Å². The van der Waals surface area contributed by atoms with Gasteiger partial charge in [0.1, 0.15) is 5.82 Å². The van der Waals surface area contributed by atoms with Gasteiger partial charge in [0.2, 0.25) is 5.82 Å². The molecule has 0 bridgehead atoms. The van der Waals surface area contributed by atoms with E-state index in [2.05, 4.69) is 15.3 Å². The quantitative estimate of drug-likeness (QED) is 0.769. The van der Waals surface area contributed by atoms with Crippen molar-refractivity contribution in [2.24, 2.45) is 5.92 Å². The predicted molar refractivity (Wildman–Crippen MR) is 75.8 cm³/mol. The first-order chi connectivity index (χ1) is 9.52. The SMILES string of the molecule is CC(CO)C(C)Nc1nc(C(=O)O)nc2ccccc12. The van der Waals surface area contributed by atoms with E-state index in [1.807, 2.05) is 26.0 Å². The van der Waals surface area contributed by atoms with E-state index in [0.29, 0.717) is 11.3 Å². The normalized spacial score (nSPS) is 13.9. The van der Waals surface area contributed by atoms with Crippen LogP contribution in [0.4, 0.5) is 5.82 Å². The van der Waals surface area contributed by atoms with Crippen molar-refractivity contribution in [3.05, 3.63) is 30.1 Å². The Balaban J connectivity index is 2.47. The summed E-state index contributed by atoms with van der Waals surface area (Å²) in [5.74, 6) is -0.908. The minimum absolute atomic E-state index is 0.0250. The van der Waals surface area contributed by atoms with Gasteiger partial charge < -0.3 is 15.5 Å². The van der Waals surface area contributed by atoms with Crippen LogP contribution in [-0.2, 0) is 0 Å². The highest BCUT2D eigenvalue weighted by Crippen LogP contribution is 2.22. The molecule has 1 aromatic heterocycles. The molecule has 2 rings (SSSR count). The number of aromatic nitrogens is 2. The number of rotatable bonds is 5. The third-order valence-corrected chi connectivity index (χ3v) is 3.30. The summed E-state index contributed by atoms with van der Waals surface area (Å²) >= 11 is 0. The van der Waals surface area contributed by atoms with Crippen LogP contribution >= 0.6 is 0 Å². The number of aliphatic hydroxyl groups is 1. The molecule has 0 aliphatic heterocycles. The minimum Gasteiger partial charge on any atom is -0.475 e. The second kappa shape index (κ2) is 5.83. The highest BCUT2D eigenvalue weighted by Gasteiger charge is 2.16. The molecule has 0 saturated heterocycles. The van der Waals surface area contributed by atoms with Crippen LogP contribution in [0.25, 0.3) is 10.9 Å². The number of aliphatic hydroxyl groups excluding tert-OH is 1. The zero-order valence-electron chi connectivity index (χ0n) is 11.4. The maximum Gasteiger partial charge on any atom is 0.374 e. The Labute approximate surface area is 116 Å². The van der Waals surface area contributed by atoms with Crippen LogP contribution in [0.15, 0.2) is 24.3 Å². The topological polar surface area (TPSA) is 95.3 Å². The van der Waals surface area contributed by atoms with Crippen molar-refractivity contribution in [1.29, 1.82) is 0 Å². The number of aromatic carboxylic acids is 1. The lowest BCUT2D eigenvalue weighted by Crippen LogP contribution is -2.27. The highest BCUT2D eigenvalue weighted by atomic mass is 16.4. The summed E-state index contributed by atoms with van der Waals surface area (Å²) in [6, 6.07) is 7.18. The fourth-order valence-corrected chi connectivity index (χ4v) is 1.80. The van der Waals surface area contributed by atoms with Crippen LogP contribution in [0.2, 0.25) is 0 Å². The monoisotopic (exact) mass is 275 g/mol. The molecule has 0 radical (unpaired) electrons. The van der Waals surface area contributed by atoms with Crippen molar-refractivity contribution in [3.8, 4) is 0 Å². The number of benzene rings is 1. The lowest BCUT2D eigenvalue weighted by Gasteiger charge is -2.20. The molecule has 0 fully saturated rings. The molecule has 0 saturated carbocycles. The summed E-state index contributed by atoms with van der Waals surface area (Å²) in [6.07, 6.45) is 0. The van der Waals surface area contributed by atoms with Crippen LogP contribution in [0.1, 0.15) is 24.5 Å². The standard InChI is InChI=1S/C14H17N3O3/c1-8(7-18)9(2)15-12-10-5-3-4-6-11(10)16-13(17-12)14(19)20/h3-6,8-9,18H,7H2,1-2H3,(H,19,20)(H,15,16,17). The molecule has 2 aromatic rings. The number of hydrogen-bond donors (Lipinski definition) is 3. The smallest absolute Gasteiger partial charge is 0.374 e. The zero-order valence-corrected chi connectivity index (χ0v) is 11.4. The summed E-state index contributed by atoms with van der Waals surface area (Å²) < 4.78 is 0. The molecule has 1 aromatic carbocycles. The third kappa shape index (κ3) is 2.85. The van der Waals surface area contributed by atoms with E-state index in [1.54, 1.807) is 12.1 Å². The van der Waals surface area contributed by atoms with Crippen molar-refractivity contribution in [1.82, 2.24) is 9.97 Å². The average molecular weight is 275 g/mol. The largest absolute Gasteiger partial charge is 0.475 e. The first-order valence-corrected chi connectivity index (χ1v) is 6.40. The van der Waals surface area contributed by atoms with Crippen molar-refractivity contribution in [2.45, 2.75) is 19.9 Å². The molecule has 0 spiro atoms. The maximum atomic E-state index is 11.1. The number of anilines is 1. The van der Waals surface area contributed by atoms with Crippen LogP contribution < -0.4 is 5.32 Å². The van der Waals surface area contributed by atoms with E-state index < -0.39 is 5.97 Å². The van der Waals surface area contributed by atoms with Crippen molar-refractivity contribution < 1.29 is 15.0 Å². The molecule has 2 unspecified atom stereocenters. The Morgan fingerprint density at radius 3 is 2.65 bits per heavy atom. The number of para-hydroxylation sites is 1. The van der Waals surface area contributed by atoms with Crippen LogP contribution in [-0.4, -0.2) is 38.8 Å². The maximum absolute atomic E-state index is 11.1. The van der Waals surface area contributed by atoms with Crippen LogP contribution in [0.3, 0.4) is 0 Å². The Morgan fingerprint density at radius 2 is 2.00 bits per heavy atom. The van der Waals surface area contributed by atoms with Gasteiger partial charge in [-0.25, -0.2) is 14.8 Å². The molecule has 2 atom stereocenters. The van der Waals surface area contributed by atoms with Gasteiger partial charge in [0.15, 0.2) is 0 Å². The van der Waals surface area contributed by atoms with Gasteiger partial charge in [-0.05, 0) is 25.0 Å². The number of carboxylic acid groups (broad SMARTS) is 1. The number of nitrogens with zero attached hydrogens (tertiary/aromatic N) is 2. The number of carboxylic acids is 1. The summed E-state index contributed by atoms with van der Waals surface area (Å²) in [7, 11) is 0. The summed E-state index contributed by atoms with van der Waals surface area (Å²) in [6.45, 7) is 3.86. The summed E-state index contributed by atoms with van der Waals surface area (Å²) in [5.41, 5.74) is 0.575. The molecule has 106 valence electrons. The van der Waals surface area contributed by atoms with E-state index in [-0.39, 0.29) is 24.4 Å². The predicted octanol–water partition coefficient (Wildman–Crippen LogP) is 1.76. The Hall–Kier alpha value is -2.21. The Bertz CT molecular complexity index is 630. The molecule has 3 N–H and O–H groups in total. The number of fused-ring (bicyclic) bond motifs is 1. The van der Waals surface area contributed by atoms with Gasteiger partial charge in [0, 0.05) is 18.0 Å². The molecule has 20 heavy (non-hydrogen) atoms. The Morgan fingerprint density at radius 1 is 1.30 bits per heavy atom. The molecular formula is C14H17N3O3. The lowest BCUT2D eigenvalue weighted by atomic mass is 10.1. The first-order valence-electron chi connectivity index (χ1n) is 6.40. The van der Waals surface area contributed by atoms with E-state index in [9.17, 15) is 9.90 Å². The number of nitrogens with one attached hydrogen (secondary N) is 1. The third-order valence-electron chi connectivity index (χ3n) is 3.30. The second-order valence-electron chi connectivity index (χ2n) is 4.81. The van der Waals surface area contributed by atoms with Gasteiger partial charge in [-0.2, -0.15) is 0 Å². The van der Waals surface area contributed by atoms with Crippen LogP contribution in [0, 0.1) is 5.92 Å². The summed E-state index contributed by atoms with van der Waals surface area (Å²) in [4.78, 5) is 19.1. The van der Waals surface area contributed by atoms with Gasteiger partial charge in [-0.15, -0.1) is 0 Å². The minimum atomic E-state index is -1.17. The highest BCUT2D eigenvalue weighted by molar-refractivity contribution is 5.93. The second-order valence-corrected chi connectivity index (χ2v) is 4.81. The molecule has 6 nitrogen and oxygen atoms in total. The molecule has 0 amide bonds. The van der Waals surface area contributed by atoms with Crippen molar-refractivity contribution >= 4 is 22.7 Å². The van der Waals surface area contributed by atoms with Gasteiger partial charge in [-0.1, -0.05) is 19.1 Å². The van der Waals surface area contributed by atoms with E-state index in [0.717, 1.165) is 5.39 Å². The van der Waals surface area contributed by atoms with Gasteiger partial charge in [0.05, 0.1) is 5.52 Å². The fourth-order valence-electron chi connectivity index (χ4n) is 1.80. The molecular weight excluding hydrogens is 258 g/mol. The molecule has 6 heteroatoms. The van der Waals surface area contributed by atoms with E-state index in [4.69, 9.17) is 5.11 Å². The summed E-state index contributed by atoms with van der Waals surface area (Å²) in [5, 5.41) is 22.2. The Kier molecular flexibility index (Phi) is 4.14. The van der Waals surface area contributed by atoms with Gasteiger partial charge in [-0.3, -0.25) is 0 Å². The molecule has 0 aliphatic rings. The van der Waals surface area contributed by atoms with Crippen LogP contribution in [0.5, 0.6) is 0 Å². The fraction of sp³-hybridized carbons (Fsp3) is 0.357. The number of hydrogen-bond acceptors (Lipinski definition) is 5. The number of carbonyl (C=O) groups is 1. The lowest BCUT2D eigenvalue weighted by molar-refractivity contribution is 0.0684. The molecule has 0 aliphatic carbocycles. The van der Waals surface area contributed by atoms with Gasteiger partial charge in [0.25, 0.3) is 0 Å².